The first-order chi connectivity index (χ1) is 17.1. The Morgan fingerprint density at radius 1 is 1.11 bits per heavy atom. The zero-order valence-electron chi connectivity index (χ0n) is 19.1. The first-order valence-electron chi connectivity index (χ1n) is 11.6. The lowest BCUT2D eigenvalue weighted by Crippen LogP contribution is -2.63. The number of ether oxygens (including phenoxy) is 1. The van der Waals surface area contributed by atoms with E-state index in [2.05, 4.69) is 5.32 Å². The zero-order chi connectivity index (χ0) is 26.0. The number of nitrogens with one attached hydrogen (secondary N) is 1. The van der Waals surface area contributed by atoms with Crippen LogP contribution in [-0.4, -0.2) is 62.9 Å². The first-order valence-corrected chi connectivity index (χ1v) is 13.0. The van der Waals surface area contributed by atoms with E-state index in [1.165, 1.54) is 23.9 Å². The summed E-state index contributed by atoms with van der Waals surface area (Å²) in [4.78, 5) is 13.0. The fourth-order valence-corrected chi connectivity index (χ4v) is 6.26. The highest BCUT2D eigenvalue weighted by atomic mass is 35.5. The van der Waals surface area contributed by atoms with Crippen molar-refractivity contribution in [3.05, 3.63) is 46.7 Å². The van der Waals surface area contributed by atoms with Crippen molar-refractivity contribution < 1.29 is 42.4 Å². The monoisotopic (exact) mass is 549 g/mol. The second-order valence-electron chi connectivity index (χ2n) is 8.96. The van der Waals surface area contributed by atoms with E-state index in [-0.39, 0.29) is 27.4 Å². The molecule has 0 radical (unpaired) electrons. The van der Waals surface area contributed by atoms with Gasteiger partial charge in [-0.3, -0.25) is 4.79 Å². The second-order valence-corrected chi connectivity index (χ2v) is 10.8. The predicted molar refractivity (Wildman–Crippen MR) is 128 cm³/mol. The van der Waals surface area contributed by atoms with Gasteiger partial charge in [-0.2, -0.15) is 13.2 Å². The van der Waals surface area contributed by atoms with Crippen molar-refractivity contribution >= 4 is 29.3 Å². The molecular formula is C24H27ClF3NO6S. The molecule has 1 saturated carbocycles. The molecule has 1 aliphatic carbocycles. The molecule has 1 amide bonds. The van der Waals surface area contributed by atoms with Crippen molar-refractivity contribution in [2.45, 2.75) is 73.3 Å². The highest BCUT2D eigenvalue weighted by Crippen LogP contribution is 2.38. The molecule has 1 aromatic heterocycles. The van der Waals surface area contributed by atoms with E-state index in [1.54, 1.807) is 0 Å². The molecule has 0 unspecified atom stereocenters. The number of carbonyl (C=O) groups is 1. The molecule has 7 nitrogen and oxygen atoms in total. The number of hydrogen-bond donors (Lipinski definition) is 4. The molecule has 1 saturated heterocycles. The maximum absolute atomic E-state index is 13.1. The van der Waals surface area contributed by atoms with Gasteiger partial charge in [-0.25, -0.2) is 0 Å². The molecule has 12 heteroatoms. The van der Waals surface area contributed by atoms with E-state index in [1.807, 2.05) is 0 Å². The minimum atomic E-state index is -4.58. The second kappa shape index (κ2) is 11.3. The van der Waals surface area contributed by atoms with E-state index in [4.69, 9.17) is 20.8 Å². The molecule has 2 aromatic rings. The summed E-state index contributed by atoms with van der Waals surface area (Å²) in [6.07, 6.45) is -3.28. The van der Waals surface area contributed by atoms with Crippen LogP contribution in [0.25, 0.3) is 11.3 Å². The van der Waals surface area contributed by atoms with Crippen LogP contribution >= 0.6 is 23.4 Å². The molecule has 0 bridgehead atoms. The Hall–Kier alpha value is -1.76. The first kappa shape index (κ1) is 27.3. The van der Waals surface area contributed by atoms with Crippen LogP contribution in [0.5, 0.6) is 0 Å². The number of alkyl halides is 3. The average Bonchev–Trinajstić information content (AvgIpc) is 3.34. The van der Waals surface area contributed by atoms with Gasteiger partial charge in [-0.15, -0.1) is 11.8 Å². The fraction of sp³-hybridized carbons (Fsp3) is 0.542. The summed E-state index contributed by atoms with van der Waals surface area (Å²) in [5.74, 6) is -1.00. The van der Waals surface area contributed by atoms with Gasteiger partial charge in [0.25, 0.3) is 5.91 Å². The predicted octanol–water partition coefficient (Wildman–Crippen LogP) is 4.22. The van der Waals surface area contributed by atoms with Crippen LogP contribution < -0.4 is 5.32 Å². The standard InChI is InChI=1S/C24H27ClF3NO6S/c25-15-7-6-12(24(26,27)28)10-14(15)16-8-9-17(34-16)22(33)29-19-21(32)20(31)18(11-30)35-23(19)36-13-4-2-1-3-5-13/h6-10,13,18-21,23,30-32H,1-5,11H2,(H,29,33)/t18-,19-,20-,21-,23-/m1/s1. The summed E-state index contributed by atoms with van der Waals surface area (Å²) >= 11 is 7.52. The summed E-state index contributed by atoms with van der Waals surface area (Å²) < 4.78 is 50.7. The van der Waals surface area contributed by atoms with Gasteiger partial charge in [0.1, 0.15) is 29.5 Å². The van der Waals surface area contributed by atoms with Gasteiger partial charge in [0.05, 0.1) is 23.2 Å². The maximum atomic E-state index is 13.1. The molecule has 1 aliphatic heterocycles. The number of hydrogen-bond acceptors (Lipinski definition) is 7. The molecule has 36 heavy (non-hydrogen) atoms. The van der Waals surface area contributed by atoms with Crippen LogP contribution in [0.2, 0.25) is 5.02 Å². The molecule has 4 N–H and O–H groups in total. The number of benzene rings is 1. The third-order valence-electron chi connectivity index (χ3n) is 6.45. The van der Waals surface area contributed by atoms with Gasteiger partial charge in [-0.05, 0) is 43.2 Å². The summed E-state index contributed by atoms with van der Waals surface area (Å²) in [5.41, 5.74) is -1.68. The van der Waals surface area contributed by atoms with Crippen molar-refractivity contribution in [2.24, 2.45) is 0 Å². The molecule has 0 spiro atoms. The number of carbonyl (C=O) groups excluding carboxylic acids is 1. The fourth-order valence-electron chi connectivity index (χ4n) is 4.46. The number of furan rings is 1. The SMILES string of the molecule is O=C(N[C@@H]1[C@@H](O)[C@H](O)[C@@H](CO)O[C@@H]1SC1CCCCC1)c1ccc(-c2cc(C(F)(F)F)ccc2Cl)o1. The molecule has 2 fully saturated rings. The molecule has 2 heterocycles. The molecule has 2 aliphatic rings. The van der Waals surface area contributed by atoms with E-state index < -0.39 is 54.0 Å². The Morgan fingerprint density at radius 3 is 2.50 bits per heavy atom. The lowest BCUT2D eigenvalue weighted by atomic mass is 9.98. The van der Waals surface area contributed by atoms with Crippen LogP contribution in [-0.2, 0) is 10.9 Å². The van der Waals surface area contributed by atoms with Crippen LogP contribution in [0.15, 0.2) is 34.7 Å². The van der Waals surface area contributed by atoms with Crippen molar-refractivity contribution in [3.8, 4) is 11.3 Å². The lowest BCUT2D eigenvalue weighted by molar-refractivity contribution is -0.170. The van der Waals surface area contributed by atoms with Crippen molar-refractivity contribution in [2.75, 3.05) is 6.61 Å². The minimum absolute atomic E-state index is 0.0162. The molecule has 4 rings (SSSR count). The Balaban J connectivity index is 1.53. The normalized spacial score (nSPS) is 27.7. The third kappa shape index (κ3) is 6.03. The molecule has 1 aromatic carbocycles. The Bertz CT molecular complexity index is 1060. The number of amides is 1. The highest BCUT2D eigenvalue weighted by Gasteiger charge is 2.46. The number of thioether (sulfide) groups is 1. The number of halogens is 4. The van der Waals surface area contributed by atoms with Crippen molar-refractivity contribution in [1.82, 2.24) is 5.32 Å². The van der Waals surface area contributed by atoms with Crippen LogP contribution in [0, 0.1) is 0 Å². The summed E-state index contributed by atoms with van der Waals surface area (Å²) in [7, 11) is 0. The van der Waals surface area contributed by atoms with Gasteiger partial charge >= 0.3 is 6.18 Å². The van der Waals surface area contributed by atoms with Crippen LogP contribution in [0.4, 0.5) is 13.2 Å². The van der Waals surface area contributed by atoms with Gasteiger partial charge < -0.3 is 29.8 Å². The number of rotatable bonds is 6. The van der Waals surface area contributed by atoms with Gasteiger partial charge in [-0.1, -0.05) is 30.9 Å². The largest absolute Gasteiger partial charge is 0.451 e. The molecule has 5 atom stereocenters. The van der Waals surface area contributed by atoms with Gasteiger partial charge in [0, 0.05) is 10.8 Å². The summed E-state index contributed by atoms with van der Waals surface area (Å²) in [6, 6.07) is 4.38. The van der Waals surface area contributed by atoms with E-state index >= 15 is 0 Å². The number of aliphatic hydroxyl groups excluding tert-OH is 3. The average molecular weight is 550 g/mol. The summed E-state index contributed by atoms with van der Waals surface area (Å²) in [6.45, 7) is -0.500. The zero-order valence-corrected chi connectivity index (χ0v) is 20.7. The minimum Gasteiger partial charge on any atom is -0.451 e. The van der Waals surface area contributed by atoms with E-state index in [0.29, 0.717) is 0 Å². The third-order valence-corrected chi connectivity index (χ3v) is 8.30. The van der Waals surface area contributed by atoms with Crippen LogP contribution in [0.1, 0.15) is 48.2 Å². The van der Waals surface area contributed by atoms with Gasteiger partial charge in [0.2, 0.25) is 0 Å². The Kier molecular flexibility index (Phi) is 8.58. The van der Waals surface area contributed by atoms with E-state index in [0.717, 1.165) is 50.3 Å². The molecular weight excluding hydrogens is 523 g/mol. The highest BCUT2D eigenvalue weighted by molar-refractivity contribution is 8.00. The smallest absolute Gasteiger partial charge is 0.416 e. The van der Waals surface area contributed by atoms with Crippen LogP contribution in [0.3, 0.4) is 0 Å². The topological polar surface area (TPSA) is 112 Å². The number of aliphatic hydroxyl groups is 3. The Morgan fingerprint density at radius 2 is 1.83 bits per heavy atom. The quantitative estimate of drug-likeness (QED) is 0.427. The summed E-state index contributed by atoms with van der Waals surface area (Å²) in [5, 5.41) is 33.6. The lowest BCUT2D eigenvalue weighted by Gasteiger charge is -2.43. The maximum Gasteiger partial charge on any atom is 0.416 e. The van der Waals surface area contributed by atoms with Crippen molar-refractivity contribution in [3.63, 3.8) is 0 Å². The van der Waals surface area contributed by atoms with Gasteiger partial charge in [0.15, 0.2) is 5.76 Å². The van der Waals surface area contributed by atoms with Crippen molar-refractivity contribution in [1.29, 1.82) is 0 Å². The Labute approximate surface area is 215 Å². The molecule has 198 valence electrons. The van der Waals surface area contributed by atoms with E-state index in [9.17, 15) is 33.3 Å².